The molecule has 0 aliphatic heterocycles. The lowest BCUT2D eigenvalue weighted by Gasteiger charge is -2.16. The second kappa shape index (κ2) is 6.59. The number of carbonyl (C=O) groups is 2. The summed E-state index contributed by atoms with van der Waals surface area (Å²) in [5.74, 6) is -0.191. The molecule has 6 heteroatoms. The quantitative estimate of drug-likeness (QED) is 0.668. The molecule has 2 amide bonds. The maximum atomic E-state index is 11.1. The zero-order valence-corrected chi connectivity index (χ0v) is 8.56. The van der Waals surface area contributed by atoms with Gasteiger partial charge in [-0.2, -0.15) is 11.8 Å². The van der Waals surface area contributed by atoms with Crippen molar-refractivity contribution in [1.82, 2.24) is 10.2 Å². The van der Waals surface area contributed by atoms with Gasteiger partial charge in [0.25, 0.3) is 0 Å². The molecule has 0 rings (SSSR count). The lowest BCUT2D eigenvalue weighted by molar-refractivity contribution is -0.135. The topological polar surface area (TPSA) is 69.6 Å². The molecule has 0 fully saturated rings. The van der Waals surface area contributed by atoms with Gasteiger partial charge in [0.15, 0.2) is 0 Å². The summed E-state index contributed by atoms with van der Waals surface area (Å²) >= 11 is 1.63. The number of amides is 2. The highest BCUT2D eigenvalue weighted by atomic mass is 32.2. The zero-order valence-electron chi connectivity index (χ0n) is 7.74. The molecular weight excluding hydrogens is 192 g/mol. The van der Waals surface area contributed by atoms with Crippen molar-refractivity contribution in [1.29, 1.82) is 0 Å². The molecule has 0 aliphatic carbocycles. The van der Waals surface area contributed by atoms with E-state index in [0.717, 1.165) is 5.75 Å². The normalized spacial score (nSPS) is 9.38. The van der Waals surface area contributed by atoms with Gasteiger partial charge in [-0.1, -0.05) is 0 Å². The Bertz CT molecular complexity index is 187. The second-order valence-corrected chi connectivity index (χ2v) is 3.45. The van der Waals surface area contributed by atoms with E-state index in [1.807, 2.05) is 6.26 Å². The van der Waals surface area contributed by atoms with Gasteiger partial charge in [0.2, 0.25) is 0 Å². The van der Waals surface area contributed by atoms with Crippen LogP contribution in [0.3, 0.4) is 0 Å². The minimum Gasteiger partial charge on any atom is -0.480 e. The molecule has 0 saturated heterocycles. The van der Waals surface area contributed by atoms with Crippen LogP contribution in [-0.2, 0) is 4.79 Å². The van der Waals surface area contributed by atoms with Crippen LogP contribution >= 0.6 is 11.8 Å². The minimum absolute atomic E-state index is 0.331. The zero-order chi connectivity index (χ0) is 10.3. The van der Waals surface area contributed by atoms with Crippen molar-refractivity contribution in [3.8, 4) is 0 Å². The van der Waals surface area contributed by atoms with Crippen LogP contribution in [0, 0.1) is 0 Å². The van der Waals surface area contributed by atoms with Crippen LogP contribution in [0.1, 0.15) is 0 Å². The summed E-state index contributed by atoms with van der Waals surface area (Å²) in [6, 6.07) is -0.351. The van der Waals surface area contributed by atoms with E-state index < -0.39 is 5.97 Å². The fourth-order valence-electron chi connectivity index (χ4n) is 0.616. The van der Waals surface area contributed by atoms with Crippen LogP contribution in [0.5, 0.6) is 0 Å². The highest BCUT2D eigenvalue weighted by Crippen LogP contribution is 1.93. The molecule has 0 bridgehead atoms. The monoisotopic (exact) mass is 206 g/mol. The maximum Gasteiger partial charge on any atom is 0.323 e. The first kappa shape index (κ1) is 12.1. The summed E-state index contributed by atoms with van der Waals surface area (Å²) < 4.78 is 0. The van der Waals surface area contributed by atoms with Crippen LogP contribution in [0.2, 0.25) is 0 Å². The van der Waals surface area contributed by atoms with Crippen molar-refractivity contribution in [2.75, 3.05) is 32.1 Å². The van der Waals surface area contributed by atoms with Gasteiger partial charge in [-0.25, -0.2) is 4.79 Å². The number of rotatable bonds is 5. The summed E-state index contributed by atoms with van der Waals surface area (Å²) in [6.07, 6.45) is 1.95. The number of aliphatic carboxylic acids is 1. The molecule has 0 aromatic carbocycles. The first-order valence-corrected chi connectivity index (χ1v) is 5.17. The number of carboxylic acids is 1. The fraction of sp³-hybridized carbons (Fsp3) is 0.714. The Kier molecular flexibility index (Phi) is 6.13. The molecule has 0 heterocycles. The van der Waals surface area contributed by atoms with Crippen LogP contribution in [0.25, 0.3) is 0 Å². The number of thioether (sulfide) groups is 1. The molecule has 0 aromatic heterocycles. The van der Waals surface area contributed by atoms with Gasteiger partial charge in [-0.3, -0.25) is 4.79 Å². The van der Waals surface area contributed by atoms with Crippen molar-refractivity contribution >= 4 is 23.8 Å². The van der Waals surface area contributed by atoms with Crippen molar-refractivity contribution < 1.29 is 14.7 Å². The average molecular weight is 206 g/mol. The summed E-state index contributed by atoms with van der Waals surface area (Å²) in [7, 11) is 1.63. The van der Waals surface area contributed by atoms with Crippen LogP contribution in [0.4, 0.5) is 4.79 Å². The van der Waals surface area contributed by atoms with Gasteiger partial charge in [0.05, 0.1) is 0 Å². The number of carboxylic acid groups (broad SMARTS) is 1. The molecule has 0 aromatic rings. The van der Waals surface area contributed by atoms with Crippen molar-refractivity contribution in [2.24, 2.45) is 0 Å². The van der Waals surface area contributed by atoms with Gasteiger partial charge in [0.1, 0.15) is 6.54 Å². The van der Waals surface area contributed by atoms with E-state index in [2.05, 4.69) is 5.32 Å². The lowest BCUT2D eigenvalue weighted by atomic mass is 10.6. The predicted octanol–water partition coefficient (Wildman–Crippen LogP) is 0.0754. The number of nitrogens with zero attached hydrogens (tertiary/aromatic N) is 1. The third-order valence-electron chi connectivity index (χ3n) is 1.37. The highest BCUT2D eigenvalue weighted by molar-refractivity contribution is 7.98. The molecule has 0 spiro atoms. The number of urea groups is 1. The van der Waals surface area contributed by atoms with E-state index in [9.17, 15) is 9.59 Å². The van der Waals surface area contributed by atoms with Crippen LogP contribution in [-0.4, -0.2) is 54.2 Å². The Labute approximate surface area is 81.5 Å². The smallest absolute Gasteiger partial charge is 0.323 e. The Morgan fingerprint density at radius 1 is 1.54 bits per heavy atom. The van der Waals surface area contributed by atoms with Gasteiger partial charge in [-0.05, 0) is 6.26 Å². The second-order valence-electron chi connectivity index (χ2n) is 2.47. The molecule has 0 unspecified atom stereocenters. The van der Waals surface area contributed by atoms with Crippen LogP contribution < -0.4 is 5.32 Å². The van der Waals surface area contributed by atoms with E-state index in [0.29, 0.717) is 6.54 Å². The van der Waals surface area contributed by atoms with Gasteiger partial charge in [0, 0.05) is 19.3 Å². The van der Waals surface area contributed by atoms with E-state index >= 15 is 0 Å². The van der Waals surface area contributed by atoms with Crippen molar-refractivity contribution in [3.05, 3.63) is 0 Å². The lowest BCUT2D eigenvalue weighted by Crippen LogP contribution is -2.40. The Hall–Kier alpha value is -0.910. The van der Waals surface area contributed by atoms with Crippen molar-refractivity contribution in [2.45, 2.75) is 0 Å². The average Bonchev–Trinajstić information content (AvgIpc) is 2.10. The summed E-state index contributed by atoms with van der Waals surface area (Å²) in [4.78, 5) is 22.7. The molecule has 0 saturated carbocycles. The number of carbonyl (C=O) groups excluding carboxylic acids is 1. The van der Waals surface area contributed by atoms with Gasteiger partial charge in [-0.15, -0.1) is 0 Å². The maximum absolute atomic E-state index is 11.1. The number of nitrogens with one attached hydrogen (secondary N) is 1. The highest BCUT2D eigenvalue weighted by Gasteiger charge is 2.07. The van der Waals surface area contributed by atoms with E-state index in [4.69, 9.17) is 5.11 Å². The molecule has 0 atom stereocenters. The third kappa shape index (κ3) is 6.27. The van der Waals surface area contributed by atoms with E-state index in [-0.39, 0.29) is 12.6 Å². The van der Waals surface area contributed by atoms with E-state index in [1.54, 1.807) is 18.8 Å². The molecule has 2 N–H and O–H groups in total. The molecule has 76 valence electrons. The summed E-state index contributed by atoms with van der Waals surface area (Å²) in [6.45, 7) is 0.287. The Balaban J connectivity index is 3.63. The molecular formula is C7H14N2O3S. The Morgan fingerprint density at radius 3 is 2.62 bits per heavy atom. The van der Waals surface area contributed by atoms with Crippen molar-refractivity contribution in [3.63, 3.8) is 0 Å². The number of hydrogen-bond donors (Lipinski definition) is 2. The molecule has 5 nitrogen and oxygen atoms in total. The summed E-state index contributed by atoms with van der Waals surface area (Å²) in [5.41, 5.74) is 0. The SMILES string of the molecule is CSCCN(C)C(=O)NCC(=O)O. The van der Waals surface area contributed by atoms with Crippen LogP contribution in [0.15, 0.2) is 0 Å². The number of hydrogen-bond acceptors (Lipinski definition) is 3. The predicted molar refractivity (Wildman–Crippen MR) is 52.0 cm³/mol. The fourth-order valence-corrected chi connectivity index (χ4v) is 1.07. The van der Waals surface area contributed by atoms with Gasteiger partial charge >= 0.3 is 12.0 Å². The first-order valence-electron chi connectivity index (χ1n) is 3.77. The minimum atomic E-state index is -1.04. The Morgan fingerprint density at radius 2 is 2.15 bits per heavy atom. The first-order chi connectivity index (χ1) is 6.07. The van der Waals surface area contributed by atoms with E-state index in [1.165, 1.54) is 4.90 Å². The standard InChI is InChI=1S/C7H14N2O3S/c1-9(3-4-13-2)7(12)8-5-6(10)11/h3-5H2,1-2H3,(H,8,12)(H,10,11). The largest absolute Gasteiger partial charge is 0.480 e. The molecule has 0 aliphatic rings. The molecule has 0 radical (unpaired) electrons. The molecule has 13 heavy (non-hydrogen) atoms. The van der Waals surface area contributed by atoms with Gasteiger partial charge < -0.3 is 15.3 Å². The summed E-state index contributed by atoms with van der Waals surface area (Å²) in [5, 5.41) is 10.6. The third-order valence-corrected chi connectivity index (χ3v) is 1.96.